The Morgan fingerprint density at radius 2 is 1.95 bits per heavy atom. The number of anilines is 1. The van der Waals surface area contributed by atoms with Crippen LogP contribution in [0.2, 0.25) is 23.2 Å². The van der Waals surface area contributed by atoms with E-state index in [4.69, 9.17) is 16.0 Å². The van der Waals surface area contributed by atoms with E-state index in [1.807, 2.05) is 0 Å². The highest BCUT2D eigenvalue weighted by atomic mass is 35.5. The molecule has 0 unspecified atom stereocenters. The van der Waals surface area contributed by atoms with Crippen LogP contribution in [0.25, 0.3) is 0 Å². The summed E-state index contributed by atoms with van der Waals surface area (Å²) < 4.78 is 19.5. The van der Waals surface area contributed by atoms with Gasteiger partial charge in [-0.2, -0.15) is 0 Å². The average Bonchev–Trinajstić information content (AvgIpc) is 2.31. The average molecular weight is 318 g/mol. The summed E-state index contributed by atoms with van der Waals surface area (Å²) in [4.78, 5) is 0. The predicted molar refractivity (Wildman–Crippen MR) is 87.7 cm³/mol. The van der Waals surface area contributed by atoms with Gasteiger partial charge >= 0.3 is 0 Å². The second-order valence-corrected chi connectivity index (χ2v) is 11.8. The lowest BCUT2D eigenvalue weighted by Gasteiger charge is -2.36. The molecule has 0 aliphatic carbocycles. The summed E-state index contributed by atoms with van der Waals surface area (Å²) in [6.07, 6.45) is 0.846. The van der Waals surface area contributed by atoms with E-state index in [2.05, 4.69) is 39.2 Å². The molecule has 114 valence electrons. The van der Waals surface area contributed by atoms with E-state index in [1.54, 1.807) is 12.1 Å². The largest absolute Gasteiger partial charge is 0.417 e. The topological polar surface area (TPSA) is 21.3 Å². The van der Waals surface area contributed by atoms with Crippen molar-refractivity contribution in [3.8, 4) is 0 Å². The summed E-state index contributed by atoms with van der Waals surface area (Å²) in [7, 11) is -1.68. The maximum Gasteiger partial charge on any atom is 0.191 e. The summed E-state index contributed by atoms with van der Waals surface area (Å²) >= 11 is 5.84. The highest BCUT2D eigenvalue weighted by Crippen LogP contribution is 2.36. The van der Waals surface area contributed by atoms with Crippen LogP contribution in [0, 0.1) is 5.82 Å². The molecular weight excluding hydrogens is 293 g/mol. The van der Waals surface area contributed by atoms with Gasteiger partial charge in [-0.3, -0.25) is 0 Å². The third kappa shape index (κ3) is 5.07. The Hall–Kier alpha value is -0.583. The highest BCUT2D eigenvalue weighted by Gasteiger charge is 2.36. The van der Waals surface area contributed by atoms with Crippen LogP contribution in [0.3, 0.4) is 0 Å². The lowest BCUT2D eigenvalue weighted by atomic mass is 10.2. The van der Waals surface area contributed by atoms with Gasteiger partial charge in [0.25, 0.3) is 0 Å². The van der Waals surface area contributed by atoms with Crippen LogP contribution in [0.1, 0.15) is 27.2 Å². The summed E-state index contributed by atoms with van der Waals surface area (Å²) in [5.74, 6) is -0.278. The van der Waals surface area contributed by atoms with Crippen LogP contribution in [0.4, 0.5) is 10.1 Å². The molecule has 0 aromatic heterocycles. The van der Waals surface area contributed by atoms with Crippen molar-refractivity contribution in [2.75, 3.05) is 18.5 Å². The van der Waals surface area contributed by atoms with Crippen LogP contribution >= 0.6 is 11.6 Å². The zero-order valence-electron chi connectivity index (χ0n) is 13.0. The Morgan fingerprint density at radius 3 is 2.55 bits per heavy atom. The smallest absolute Gasteiger partial charge is 0.191 e. The SMILES string of the molecule is CC(C)(C)[Si](C)(C)OCCCNc1cc(Cl)ccc1F. The van der Waals surface area contributed by atoms with Gasteiger partial charge in [0.05, 0.1) is 5.69 Å². The Kier molecular flexibility index (Phi) is 6.04. The molecule has 1 rings (SSSR count). The van der Waals surface area contributed by atoms with E-state index in [0.29, 0.717) is 23.9 Å². The van der Waals surface area contributed by atoms with Gasteiger partial charge in [0.15, 0.2) is 8.32 Å². The molecule has 0 atom stereocenters. The number of rotatable bonds is 6. The van der Waals surface area contributed by atoms with Crippen LogP contribution < -0.4 is 5.32 Å². The summed E-state index contributed by atoms with van der Waals surface area (Å²) in [6, 6.07) is 4.52. The highest BCUT2D eigenvalue weighted by molar-refractivity contribution is 6.74. The molecule has 2 nitrogen and oxygen atoms in total. The fraction of sp³-hybridized carbons (Fsp3) is 0.600. The van der Waals surface area contributed by atoms with Crippen LogP contribution in [-0.2, 0) is 4.43 Å². The van der Waals surface area contributed by atoms with E-state index >= 15 is 0 Å². The third-order valence-electron chi connectivity index (χ3n) is 3.83. The van der Waals surface area contributed by atoms with Gasteiger partial charge in [-0.25, -0.2) is 4.39 Å². The second-order valence-electron chi connectivity index (χ2n) is 6.51. The molecule has 0 heterocycles. The molecule has 0 radical (unpaired) electrons. The van der Waals surface area contributed by atoms with Crippen molar-refractivity contribution in [1.29, 1.82) is 0 Å². The van der Waals surface area contributed by atoms with Crippen molar-refractivity contribution in [1.82, 2.24) is 0 Å². The first-order chi connectivity index (χ1) is 9.13. The number of hydrogen-bond donors (Lipinski definition) is 1. The molecule has 0 saturated heterocycles. The van der Waals surface area contributed by atoms with Crippen molar-refractivity contribution >= 4 is 25.6 Å². The molecule has 0 aliphatic heterocycles. The van der Waals surface area contributed by atoms with E-state index in [1.165, 1.54) is 6.07 Å². The first kappa shape index (κ1) is 17.5. The lowest BCUT2D eigenvalue weighted by Crippen LogP contribution is -2.41. The molecule has 1 aromatic carbocycles. The standard InChI is InChI=1S/C15H25ClFNOSi/c1-15(2,3)20(4,5)19-10-6-9-18-14-11-12(16)7-8-13(14)17/h7-8,11,18H,6,9-10H2,1-5H3. The minimum atomic E-state index is -1.68. The number of nitrogens with one attached hydrogen (secondary N) is 1. The summed E-state index contributed by atoms with van der Waals surface area (Å²) in [6.45, 7) is 12.5. The molecule has 0 aliphatic rings. The quantitative estimate of drug-likeness (QED) is 0.567. The van der Waals surface area contributed by atoms with Gasteiger partial charge in [0.2, 0.25) is 0 Å². The van der Waals surface area contributed by atoms with E-state index in [9.17, 15) is 4.39 Å². The van der Waals surface area contributed by atoms with Gasteiger partial charge in [0.1, 0.15) is 5.82 Å². The Morgan fingerprint density at radius 1 is 1.30 bits per heavy atom. The first-order valence-electron chi connectivity index (χ1n) is 6.96. The molecule has 0 spiro atoms. The van der Waals surface area contributed by atoms with Crippen molar-refractivity contribution in [3.63, 3.8) is 0 Å². The normalized spacial score (nSPS) is 12.6. The van der Waals surface area contributed by atoms with E-state index in [0.717, 1.165) is 6.42 Å². The van der Waals surface area contributed by atoms with E-state index in [-0.39, 0.29) is 10.9 Å². The first-order valence-corrected chi connectivity index (χ1v) is 10.2. The number of benzene rings is 1. The van der Waals surface area contributed by atoms with Gasteiger partial charge in [-0.15, -0.1) is 0 Å². The van der Waals surface area contributed by atoms with Gasteiger partial charge < -0.3 is 9.74 Å². The molecular formula is C15H25ClFNOSi. The zero-order chi connectivity index (χ0) is 15.4. The van der Waals surface area contributed by atoms with Crippen molar-refractivity contribution in [3.05, 3.63) is 29.0 Å². The Bertz CT molecular complexity index is 446. The van der Waals surface area contributed by atoms with Crippen molar-refractivity contribution < 1.29 is 8.82 Å². The van der Waals surface area contributed by atoms with Crippen LogP contribution in [-0.4, -0.2) is 21.5 Å². The molecule has 0 amide bonds. The van der Waals surface area contributed by atoms with Crippen molar-refractivity contribution in [2.24, 2.45) is 0 Å². The summed E-state index contributed by atoms with van der Waals surface area (Å²) in [5.41, 5.74) is 0.449. The van der Waals surface area contributed by atoms with Gasteiger partial charge in [-0.1, -0.05) is 32.4 Å². The summed E-state index contributed by atoms with van der Waals surface area (Å²) in [5, 5.41) is 3.81. The monoisotopic (exact) mass is 317 g/mol. The Balaban J connectivity index is 2.34. The second kappa shape index (κ2) is 6.92. The van der Waals surface area contributed by atoms with Crippen molar-refractivity contribution in [2.45, 2.75) is 45.3 Å². The molecule has 0 bridgehead atoms. The number of halogens is 2. The zero-order valence-corrected chi connectivity index (χ0v) is 14.8. The van der Waals surface area contributed by atoms with Crippen LogP contribution in [0.15, 0.2) is 18.2 Å². The maximum absolute atomic E-state index is 13.5. The fourth-order valence-corrected chi connectivity index (χ4v) is 2.73. The van der Waals surface area contributed by atoms with Gasteiger partial charge in [0, 0.05) is 18.2 Å². The maximum atomic E-state index is 13.5. The minimum absolute atomic E-state index is 0.222. The predicted octanol–water partition coefficient (Wildman–Crippen LogP) is 5.30. The molecule has 0 saturated carbocycles. The van der Waals surface area contributed by atoms with Crippen LogP contribution in [0.5, 0.6) is 0 Å². The molecule has 1 N–H and O–H groups in total. The molecule has 0 fully saturated rings. The molecule has 20 heavy (non-hydrogen) atoms. The molecule has 1 aromatic rings. The Labute approximate surface area is 127 Å². The van der Waals surface area contributed by atoms with E-state index < -0.39 is 8.32 Å². The fourth-order valence-electron chi connectivity index (χ4n) is 1.47. The van der Waals surface area contributed by atoms with Gasteiger partial charge in [-0.05, 0) is 42.8 Å². The third-order valence-corrected chi connectivity index (χ3v) is 8.61. The minimum Gasteiger partial charge on any atom is -0.417 e. The number of hydrogen-bond acceptors (Lipinski definition) is 2. The molecule has 5 heteroatoms. The lowest BCUT2D eigenvalue weighted by molar-refractivity contribution is 0.286.